The predicted octanol–water partition coefficient (Wildman–Crippen LogP) is 3.23. The van der Waals surface area contributed by atoms with E-state index in [1.165, 1.54) is 16.7 Å². The number of thiol groups is 1. The van der Waals surface area contributed by atoms with Crippen LogP contribution in [0.5, 0.6) is 5.75 Å². The van der Waals surface area contributed by atoms with Crippen LogP contribution in [0.15, 0.2) is 12.1 Å². The molecule has 0 N–H and O–H groups in total. The van der Waals surface area contributed by atoms with Gasteiger partial charge in [-0.1, -0.05) is 6.07 Å². The molecule has 0 heterocycles. The maximum atomic E-state index is 5.51. The van der Waals surface area contributed by atoms with Crippen molar-refractivity contribution in [1.82, 2.24) is 4.90 Å². The normalized spacial score (nSPS) is 12.9. The van der Waals surface area contributed by atoms with E-state index >= 15 is 0 Å². The van der Waals surface area contributed by atoms with Gasteiger partial charge in [-0.15, -0.1) is 0 Å². The predicted molar refractivity (Wildman–Crippen MR) is 77.4 cm³/mol. The van der Waals surface area contributed by atoms with Gasteiger partial charge >= 0.3 is 0 Å². The monoisotopic (exact) mass is 253 g/mol. The lowest BCUT2D eigenvalue weighted by molar-refractivity contribution is 0.283. The number of rotatable bonds is 5. The van der Waals surface area contributed by atoms with Crippen molar-refractivity contribution >= 4 is 12.6 Å². The lowest BCUT2D eigenvalue weighted by Crippen LogP contribution is -2.21. The SMILES string of the molecule is COc1cc(C)c(C)cc1C(CCS)N(C)C. The Labute approximate surface area is 110 Å². The molecule has 0 amide bonds. The summed E-state index contributed by atoms with van der Waals surface area (Å²) in [6, 6.07) is 4.73. The number of benzene rings is 1. The Kier molecular flexibility index (Phi) is 5.34. The Morgan fingerprint density at radius 3 is 2.29 bits per heavy atom. The van der Waals surface area contributed by atoms with Crippen LogP contribution in [0.3, 0.4) is 0 Å². The van der Waals surface area contributed by atoms with Crippen molar-refractivity contribution in [2.75, 3.05) is 27.0 Å². The summed E-state index contributed by atoms with van der Waals surface area (Å²) in [7, 11) is 5.94. The fraction of sp³-hybridized carbons (Fsp3) is 0.571. The van der Waals surface area contributed by atoms with Crippen molar-refractivity contribution < 1.29 is 4.74 Å². The molecule has 0 bridgehead atoms. The first-order valence-electron chi connectivity index (χ1n) is 5.93. The Morgan fingerprint density at radius 2 is 1.82 bits per heavy atom. The van der Waals surface area contributed by atoms with Crippen LogP contribution in [0.1, 0.15) is 29.2 Å². The number of hydrogen-bond donors (Lipinski definition) is 1. The maximum absolute atomic E-state index is 5.51. The van der Waals surface area contributed by atoms with Crippen LogP contribution < -0.4 is 4.74 Å². The van der Waals surface area contributed by atoms with Crippen LogP contribution >= 0.6 is 12.6 Å². The quantitative estimate of drug-likeness (QED) is 0.809. The molecule has 3 heteroatoms. The number of aryl methyl sites for hydroxylation is 2. The molecule has 0 saturated carbocycles. The molecule has 0 aliphatic heterocycles. The van der Waals surface area contributed by atoms with Gasteiger partial charge < -0.3 is 9.64 Å². The Bertz CT molecular complexity index is 377. The lowest BCUT2D eigenvalue weighted by atomic mass is 9.97. The van der Waals surface area contributed by atoms with Gasteiger partial charge in [-0.3, -0.25) is 0 Å². The summed E-state index contributed by atoms with van der Waals surface area (Å²) in [5.41, 5.74) is 3.84. The van der Waals surface area contributed by atoms with E-state index in [-0.39, 0.29) is 0 Å². The maximum Gasteiger partial charge on any atom is 0.123 e. The number of hydrogen-bond acceptors (Lipinski definition) is 3. The molecule has 0 aliphatic rings. The zero-order valence-corrected chi connectivity index (χ0v) is 12.3. The van der Waals surface area contributed by atoms with E-state index in [9.17, 15) is 0 Å². The Hall–Kier alpha value is -0.670. The average Bonchev–Trinajstić information content (AvgIpc) is 2.29. The van der Waals surface area contributed by atoms with Crippen molar-refractivity contribution in [3.05, 3.63) is 28.8 Å². The molecule has 0 spiro atoms. The molecule has 2 nitrogen and oxygen atoms in total. The largest absolute Gasteiger partial charge is 0.496 e. The fourth-order valence-electron chi connectivity index (χ4n) is 2.06. The van der Waals surface area contributed by atoms with Crippen molar-refractivity contribution in [1.29, 1.82) is 0 Å². The molecular weight excluding hydrogens is 230 g/mol. The zero-order chi connectivity index (χ0) is 13.0. The first kappa shape index (κ1) is 14.4. The highest BCUT2D eigenvalue weighted by molar-refractivity contribution is 7.80. The summed E-state index contributed by atoms with van der Waals surface area (Å²) >= 11 is 4.35. The molecular formula is C14H23NOS. The minimum absolute atomic E-state index is 0.363. The fourth-order valence-corrected chi connectivity index (χ4v) is 2.31. The third-order valence-electron chi connectivity index (χ3n) is 3.23. The van der Waals surface area contributed by atoms with Gasteiger partial charge in [0.25, 0.3) is 0 Å². The van der Waals surface area contributed by atoms with Crippen LogP contribution in [-0.4, -0.2) is 31.9 Å². The second-order valence-electron chi connectivity index (χ2n) is 4.67. The zero-order valence-electron chi connectivity index (χ0n) is 11.4. The first-order valence-corrected chi connectivity index (χ1v) is 6.57. The number of nitrogens with zero attached hydrogens (tertiary/aromatic N) is 1. The first-order chi connectivity index (χ1) is 8.01. The number of ether oxygens (including phenoxy) is 1. The molecule has 96 valence electrons. The molecule has 1 rings (SSSR count). The standard InChI is InChI=1S/C14H23NOS/c1-10-8-12(13(6-7-17)15(3)4)14(16-5)9-11(10)2/h8-9,13,17H,6-7H2,1-5H3. The van der Waals surface area contributed by atoms with Crippen molar-refractivity contribution in [2.45, 2.75) is 26.3 Å². The van der Waals surface area contributed by atoms with Crippen LogP contribution in [-0.2, 0) is 0 Å². The highest BCUT2D eigenvalue weighted by Gasteiger charge is 2.18. The smallest absolute Gasteiger partial charge is 0.123 e. The molecule has 1 atom stereocenters. The van der Waals surface area contributed by atoms with Crippen molar-refractivity contribution in [3.63, 3.8) is 0 Å². The summed E-state index contributed by atoms with van der Waals surface area (Å²) in [5, 5.41) is 0. The van der Waals surface area contributed by atoms with E-state index in [1.807, 2.05) is 0 Å². The summed E-state index contributed by atoms with van der Waals surface area (Å²) in [6.07, 6.45) is 1.02. The minimum Gasteiger partial charge on any atom is -0.496 e. The highest BCUT2D eigenvalue weighted by Crippen LogP contribution is 2.33. The van der Waals surface area contributed by atoms with Gasteiger partial charge in [0.1, 0.15) is 5.75 Å². The van der Waals surface area contributed by atoms with E-state index in [0.29, 0.717) is 6.04 Å². The average molecular weight is 253 g/mol. The second kappa shape index (κ2) is 6.31. The van der Waals surface area contributed by atoms with Gasteiger partial charge in [-0.25, -0.2) is 0 Å². The molecule has 0 aromatic heterocycles. The molecule has 0 fully saturated rings. The van der Waals surface area contributed by atoms with Gasteiger partial charge in [0.15, 0.2) is 0 Å². The molecule has 1 unspecified atom stereocenters. The van der Waals surface area contributed by atoms with E-state index in [4.69, 9.17) is 4.74 Å². The van der Waals surface area contributed by atoms with Crippen LogP contribution in [0.2, 0.25) is 0 Å². The molecule has 17 heavy (non-hydrogen) atoms. The van der Waals surface area contributed by atoms with Gasteiger partial charge in [0.05, 0.1) is 7.11 Å². The topological polar surface area (TPSA) is 12.5 Å². The van der Waals surface area contributed by atoms with Gasteiger partial charge in [-0.05, 0) is 57.3 Å². The summed E-state index contributed by atoms with van der Waals surface area (Å²) in [6.45, 7) is 4.26. The molecule has 0 aliphatic carbocycles. The molecule has 1 aromatic carbocycles. The van der Waals surface area contributed by atoms with Crippen LogP contribution in [0.4, 0.5) is 0 Å². The third-order valence-corrected chi connectivity index (χ3v) is 3.49. The Balaban J connectivity index is 3.21. The lowest BCUT2D eigenvalue weighted by Gasteiger charge is -2.26. The van der Waals surface area contributed by atoms with Crippen LogP contribution in [0, 0.1) is 13.8 Å². The van der Waals surface area contributed by atoms with E-state index in [1.54, 1.807) is 7.11 Å². The molecule has 0 saturated heterocycles. The van der Waals surface area contributed by atoms with Crippen LogP contribution in [0.25, 0.3) is 0 Å². The number of methoxy groups -OCH3 is 1. The Morgan fingerprint density at radius 1 is 1.24 bits per heavy atom. The summed E-state index contributed by atoms with van der Waals surface area (Å²) in [5.74, 6) is 1.85. The summed E-state index contributed by atoms with van der Waals surface area (Å²) < 4.78 is 5.51. The second-order valence-corrected chi connectivity index (χ2v) is 5.12. The third kappa shape index (κ3) is 3.39. The highest BCUT2D eigenvalue weighted by atomic mass is 32.1. The molecule has 1 aromatic rings. The minimum atomic E-state index is 0.363. The van der Waals surface area contributed by atoms with Gasteiger partial charge in [0, 0.05) is 11.6 Å². The van der Waals surface area contributed by atoms with Gasteiger partial charge in [-0.2, -0.15) is 12.6 Å². The van der Waals surface area contributed by atoms with E-state index in [0.717, 1.165) is 17.9 Å². The van der Waals surface area contributed by atoms with E-state index in [2.05, 4.69) is 57.6 Å². The van der Waals surface area contributed by atoms with Gasteiger partial charge in [0.2, 0.25) is 0 Å². The molecule has 0 radical (unpaired) electrons. The summed E-state index contributed by atoms with van der Waals surface area (Å²) in [4.78, 5) is 2.23. The van der Waals surface area contributed by atoms with Crippen molar-refractivity contribution in [2.24, 2.45) is 0 Å². The van der Waals surface area contributed by atoms with Crippen molar-refractivity contribution in [3.8, 4) is 5.75 Å². The van der Waals surface area contributed by atoms with E-state index < -0.39 is 0 Å².